The van der Waals surface area contributed by atoms with Crippen LogP contribution in [-0.4, -0.2) is 47.9 Å². The van der Waals surface area contributed by atoms with Crippen molar-refractivity contribution in [3.05, 3.63) is 64.7 Å². The number of anilines is 1. The second-order valence-electron chi connectivity index (χ2n) is 14.9. The molecule has 2 aliphatic heterocycles. The van der Waals surface area contributed by atoms with Gasteiger partial charge in [-0.2, -0.15) is 0 Å². The standard InChI is InChI=1S/C37H46ClN3O5S/c1-24-7-6-18-46-36(2,3)35(43)40-47(44,39-34(42)25-8-4-9-25)29-13-16-33-32(20-29)41(21-27-11-14-30(24)27)22-37(23-45-33)17-5-10-26-19-28(38)12-15-31(26)37/h6-7,12-13,15-16,19-20,24-25,27,30H,4-5,8-11,14,17-18,21-23H2,1-3H3,(H,39,40,42,43,44)/b7-6+/t24-,27-,30-,37-,47?/m0/s1. The SMILES string of the molecule is C[C@H]1/C=C/COC(C)(C)C(=O)N=S(=O)(NC(=O)C2CCC2)c2ccc3c(c2)N(C[C@@H]2CC[C@H]21)C[C@@]1(CCCc2cc(Cl)ccc21)CO3. The van der Waals surface area contributed by atoms with E-state index >= 15 is 0 Å². The van der Waals surface area contributed by atoms with Crippen LogP contribution in [0.15, 0.2) is 57.8 Å². The number of amides is 2. The molecular weight excluding hydrogens is 634 g/mol. The maximum absolute atomic E-state index is 14.9. The van der Waals surface area contributed by atoms with E-state index in [9.17, 15) is 13.8 Å². The van der Waals surface area contributed by atoms with E-state index in [1.165, 1.54) is 11.1 Å². The number of halogens is 1. The van der Waals surface area contributed by atoms with Crippen LogP contribution >= 0.6 is 11.6 Å². The molecule has 1 unspecified atom stereocenters. The van der Waals surface area contributed by atoms with Crippen LogP contribution in [0.3, 0.4) is 0 Å². The van der Waals surface area contributed by atoms with Gasteiger partial charge in [-0.15, -0.1) is 4.36 Å². The van der Waals surface area contributed by atoms with E-state index in [1.807, 2.05) is 24.3 Å². The molecule has 0 saturated heterocycles. The summed E-state index contributed by atoms with van der Waals surface area (Å²) in [7, 11) is -3.70. The van der Waals surface area contributed by atoms with Crippen LogP contribution in [0, 0.1) is 23.7 Å². The van der Waals surface area contributed by atoms with Gasteiger partial charge in [0.1, 0.15) is 11.4 Å². The van der Waals surface area contributed by atoms with Crippen LogP contribution in [0.2, 0.25) is 5.02 Å². The molecule has 2 aromatic carbocycles. The Morgan fingerprint density at radius 2 is 1.94 bits per heavy atom. The first-order chi connectivity index (χ1) is 22.5. The third kappa shape index (κ3) is 6.24. The zero-order chi connectivity index (χ0) is 33.0. The predicted octanol–water partition coefficient (Wildman–Crippen LogP) is 7.03. The minimum atomic E-state index is -3.70. The van der Waals surface area contributed by atoms with Crippen molar-refractivity contribution in [2.24, 2.45) is 28.0 Å². The molecule has 8 nitrogen and oxygen atoms in total. The normalized spacial score (nSPS) is 32.7. The van der Waals surface area contributed by atoms with Crippen LogP contribution in [0.25, 0.3) is 0 Å². The molecule has 0 aromatic heterocycles. The van der Waals surface area contributed by atoms with E-state index in [1.54, 1.807) is 19.9 Å². The van der Waals surface area contributed by atoms with E-state index in [2.05, 4.69) is 39.1 Å². The van der Waals surface area contributed by atoms with E-state index in [-0.39, 0.29) is 23.8 Å². The highest BCUT2D eigenvalue weighted by atomic mass is 35.5. The quantitative estimate of drug-likeness (QED) is 0.343. The first kappa shape index (κ1) is 32.7. The van der Waals surface area contributed by atoms with Gasteiger partial charge in [0.25, 0.3) is 5.91 Å². The highest BCUT2D eigenvalue weighted by molar-refractivity contribution is 7.92. The Bertz CT molecular complexity index is 1730. The molecule has 5 aliphatic rings. The van der Waals surface area contributed by atoms with Gasteiger partial charge in [0.2, 0.25) is 5.91 Å². The summed E-state index contributed by atoms with van der Waals surface area (Å²) < 4.78 is 34.5. The molecule has 1 spiro atoms. The van der Waals surface area contributed by atoms with Crippen molar-refractivity contribution in [3.63, 3.8) is 0 Å². The Balaban J connectivity index is 1.36. The fourth-order valence-electron chi connectivity index (χ4n) is 8.05. The summed E-state index contributed by atoms with van der Waals surface area (Å²) in [4.78, 5) is 29.7. The number of rotatable bonds is 2. The molecule has 2 bridgehead atoms. The second-order valence-corrected chi connectivity index (χ2v) is 17.2. The topological polar surface area (TPSA) is 97.3 Å². The molecule has 2 heterocycles. The maximum atomic E-state index is 14.9. The number of benzene rings is 2. The lowest BCUT2D eigenvalue weighted by Crippen LogP contribution is -2.49. The summed E-state index contributed by atoms with van der Waals surface area (Å²) in [5, 5.41) is 0.748. The van der Waals surface area contributed by atoms with Crippen LogP contribution < -0.4 is 14.4 Å². The number of ether oxygens (including phenoxy) is 2. The summed E-state index contributed by atoms with van der Waals surface area (Å²) in [6, 6.07) is 11.6. The Morgan fingerprint density at radius 1 is 1.11 bits per heavy atom. The van der Waals surface area contributed by atoms with Crippen molar-refractivity contribution in [1.82, 2.24) is 4.72 Å². The lowest BCUT2D eigenvalue weighted by molar-refractivity contribution is -0.137. The first-order valence-corrected chi connectivity index (χ1v) is 19.1. The average molecular weight is 680 g/mol. The van der Waals surface area contributed by atoms with E-state index in [0.29, 0.717) is 35.0 Å². The van der Waals surface area contributed by atoms with Crippen LogP contribution in [0.4, 0.5) is 5.69 Å². The van der Waals surface area contributed by atoms with E-state index in [0.717, 1.165) is 75.2 Å². The number of hydrogen-bond acceptors (Lipinski definition) is 6. The van der Waals surface area contributed by atoms with Crippen molar-refractivity contribution in [2.75, 3.05) is 31.2 Å². The number of aryl methyl sites for hydroxylation is 1. The van der Waals surface area contributed by atoms with Gasteiger partial charge < -0.3 is 14.4 Å². The summed E-state index contributed by atoms with van der Waals surface area (Å²) >= 11 is 6.46. The number of allylic oxidation sites excluding steroid dienone is 1. The van der Waals surface area contributed by atoms with Gasteiger partial charge in [-0.1, -0.05) is 43.2 Å². The van der Waals surface area contributed by atoms with Crippen molar-refractivity contribution in [3.8, 4) is 5.75 Å². The van der Waals surface area contributed by atoms with Crippen LogP contribution in [-0.2, 0) is 36.1 Å². The molecule has 1 N–H and O–H groups in total. The molecule has 10 heteroatoms. The molecule has 2 aromatic rings. The monoisotopic (exact) mass is 679 g/mol. The van der Waals surface area contributed by atoms with Crippen molar-refractivity contribution < 1.29 is 23.3 Å². The summed E-state index contributed by atoms with van der Waals surface area (Å²) in [6.07, 6.45) is 11.9. The van der Waals surface area contributed by atoms with Crippen LogP contribution in [0.5, 0.6) is 5.75 Å². The molecule has 0 radical (unpaired) electrons. The molecule has 3 aliphatic carbocycles. The lowest BCUT2D eigenvalue weighted by atomic mass is 9.66. The first-order valence-electron chi connectivity index (χ1n) is 17.2. The third-order valence-corrected chi connectivity index (χ3v) is 13.4. The molecule has 5 atom stereocenters. The number of carbonyl (C=O) groups is 2. The second kappa shape index (κ2) is 12.5. The minimum Gasteiger partial charge on any atom is -0.490 e. The van der Waals surface area contributed by atoms with Gasteiger partial charge in [-0.3, -0.25) is 14.3 Å². The third-order valence-electron chi connectivity index (χ3n) is 11.4. The molecule has 252 valence electrons. The summed E-state index contributed by atoms with van der Waals surface area (Å²) in [6.45, 7) is 7.84. The molecule has 47 heavy (non-hydrogen) atoms. The zero-order valence-corrected chi connectivity index (χ0v) is 29.2. The summed E-state index contributed by atoms with van der Waals surface area (Å²) in [5.74, 6) is 0.802. The van der Waals surface area contributed by atoms with Gasteiger partial charge >= 0.3 is 0 Å². The van der Waals surface area contributed by atoms with Gasteiger partial charge in [0.05, 0.1) is 23.8 Å². The van der Waals surface area contributed by atoms with Gasteiger partial charge in [0, 0.05) is 29.4 Å². The van der Waals surface area contributed by atoms with E-state index in [4.69, 9.17) is 21.1 Å². The highest BCUT2D eigenvalue weighted by Gasteiger charge is 2.44. The molecule has 2 amide bonds. The van der Waals surface area contributed by atoms with Gasteiger partial charge in [-0.05, 0) is 118 Å². The lowest BCUT2D eigenvalue weighted by Gasteiger charge is -2.46. The van der Waals surface area contributed by atoms with Crippen molar-refractivity contribution >= 4 is 39.0 Å². The molecular formula is C37H46ClN3O5S. The van der Waals surface area contributed by atoms with Crippen molar-refractivity contribution in [1.29, 1.82) is 0 Å². The number of fused-ring (bicyclic) bond motifs is 4. The fraction of sp³-hybridized carbons (Fsp3) is 0.568. The predicted molar refractivity (Wildman–Crippen MR) is 184 cm³/mol. The molecule has 2 fully saturated rings. The van der Waals surface area contributed by atoms with Crippen LogP contribution in [0.1, 0.15) is 76.8 Å². The Kier molecular flexibility index (Phi) is 8.71. The average Bonchev–Trinajstić information content (AvgIpc) is 3.13. The van der Waals surface area contributed by atoms with Gasteiger partial charge in [-0.25, -0.2) is 4.21 Å². The molecule has 7 rings (SSSR count). The van der Waals surface area contributed by atoms with Crippen molar-refractivity contribution in [2.45, 2.75) is 88.0 Å². The number of nitrogens with one attached hydrogen (secondary N) is 1. The Labute approximate surface area is 283 Å². The van der Waals surface area contributed by atoms with Gasteiger partial charge in [0.15, 0.2) is 9.92 Å². The number of hydrogen-bond donors (Lipinski definition) is 1. The zero-order valence-electron chi connectivity index (χ0n) is 27.6. The number of nitrogens with zero attached hydrogens (tertiary/aromatic N) is 2. The number of carbonyl (C=O) groups excluding carboxylic acids is 2. The molecule has 2 saturated carbocycles. The summed E-state index contributed by atoms with van der Waals surface area (Å²) in [5.41, 5.74) is 1.81. The Hall–Kier alpha value is -2.88. The fourth-order valence-corrected chi connectivity index (χ4v) is 9.93. The highest BCUT2D eigenvalue weighted by Crippen LogP contribution is 2.47. The maximum Gasteiger partial charge on any atom is 0.287 e. The largest absolute Gasteiger partial charge is 0.490 e. The Morgan fingerprint density at radius 3 is 2.68 bits per heavy atom. The minimum absolute atomic E-state index is 0.230. The smallest absolute Gasteiger partial charge is 0.287 e. The van der Waals surface area contributed by atoms with E-state index < -0.39 is 21.4 Å².